The van der Waals surface area contributed by atoms with Crippen molar-refractivity contribution in [2.45, 2.75) is 213 Å². The number of carbonyl (C=O) groups excluding carboxylic acids is 2. The summed E-state index contributed by atoms with van der Waals surface area (Å²) in [7, 11) is 0. The smallest absolute Gasteiger partial charge is 0.311 e. The number of hydrogen-bond acceptors (Lipinski definition) is 4. The maximum atomic E-state index is 12.5. The summed E-state index contributed by atoms with van der Waals surface area (Å²) in [6, 6.07) is 15.7. The summed E-state index contributed by atoms with van der Waals surface area (Å²) in [6.45, 7) is 8.89. The first-order valence-electron chi connectivity index (χ1n) is 22.8. The van der Waals surface area contributed by atoms with Gasteiger partial charge in [0.1, 0.15) is 11.5 Å². The van der Waals surface area contributed by atoms with E-state index < -0.39 is 0 Å². The Labute approximate surface area is 338 Å². The minimum Gasteiger partial charge on any atom is -0.427 e. The molecule has 0 amide bonds. The van der Waals surface area contributed by atoms with Crippen LogP contribution in [0.4, 0.5) is 0 Å². The molecule has 2 aromatic carbocycles. The zero-order valence-electron chi connectivity index (χ0n) is 35.9. The SMILES string of the molecule is CCCCCCCC/C=C\CCCCCCCC(=O)Oc1ccc(C(C)(C)c2ccc(OC(=O)CCCCCCC/C=C\CCCCCCCC)cc2)cc1. The minimum atomic E-state index is -0.265. The molecule has 0 fully saturated rings. The molecule has 0 unspecified atom stereocenters. The minimum absolute atomic E-state index is 0.160. The number of hydrogen-bond donors (Lipinski definition) is 0. The second-order valence-electron chi connectivity index (χ2n) is 16.3. The van der Waals surface area contributed by atoms with Crippen LogP contribution in [-0.4, -0.2) is 11.9 Å². The van der Waals surface area contributed by atoms with Crippen molar-refractivity contribution < 1.29 is 19.1 Å². The standard InChI is InChI=1S/C51H80O4/c1-5-7-9-11-13-15-17-19-21-23-25-27-29-31-33-35-49(52)54-47-41-37-45(38-42-47)51(3,4)46-39-43-48(44-40-46)55-50(53)36-34-32-30-28-26-24-22-20-18-16-14-12-10-8-6-2/h19-22,37-44H,5-18,23-36H2,1-4H3/b21-19-,22-20-. The van der Waals surface area contributed by atoms with Gasteiger partial charge in [0, 0.05) is 18.3 Å². The van der Waals surface area contributed by atoms with E-state index in [9.17, 15) is 9.59 Å². The predicted molar refractivity (Wildman–Crippen MR) is 235 cm³/mol. The molecule has 0 saturated carbocycles. The fourth-order valence-electron chi connectivity index (χ4n) is 7.09. The third-order valence-corrected chi connectivity index (χ3v) is 10.9. The lowest BCUT2D eigenvalue weighted by atomic mass is 9.78. The molecule has 0 aliphatic rings. The second-order valence-corrected chi connectivity index (χ2v) is 16.3. The monoisotopic (exact) mass is 757 g/mol. The van der Waals surface area contributed by atoms with Crippen LogP contribution in [0.3, 0.4) is 0 Å². The first-order chi connectivity index (χ1) is 26.9. The van der Waals surface area contributed by atoms with Gasteiger partial charge in [-0.05, 0) is 99.6 Å². The van der Waals surface area contributed by atoms with E-state index >= 15 is 0 Å². The number of benzene rings is 2. The number of rotatable bonds is 34. The van der Waals surface area contributed by atoms with Crippen molar-refractivity contribution in [1.29, 1.82) is 0 Å². The van der Waals surface area contributed by atoms with E-state index in [1.54, 1.807) is 0 Å². The fraction of sp³-hybridized carbons (Fsp3) is 0.647. The third kappa shape index (κ3) is 24.2. The molecule has 0 heterocycles. The predicted octanol–water partition coefficient (Wildman–Crippen LogP) is 15.9. The Bertz CT molecular complexity index is 1190. The summed E-state index contributed by atoms with van der Waals surface area (Å²) in [5.41, 5.74) is 1.98. The maximum absolute atomic E-state index is 12.5. The zero-order chi connectivity index (χ0) is 39.7. The molecular weight excluding hydrogens is 677 g/mol. The lowest BCUT2D eigenvalue weighted by Gasteiger charge is -2.26. The quantitative estimate of drug-likeness (QED) is 0.0309. The van der Waals surface area contributed by atoms with Gasteiger partial charge in [0.2, 0.25) is 0 Å². The van der Waals surface area contributed by atoms with Gasteiger partial charge in [-0.1, -0.05) is 179 Å². The highest BCUT2D eigenvalue weighted by Gasteiger charge is 2.23. The Hall–Kier alpha value is -3.14. The summed E-state index contributed by atoms with van der Waals surface area (Å²) in [5, 5.41) is 0. The highest BCUT2D eigenvalue weighted by Crippen LogP contribution is 2.33. The molecule has 0 radical (unpaired) electrons. The van der Waals surface area contributed by atoms with Crippen molar-refractivity contribution in [3.63, 3.8) is 0 Å². The molecule has 4 nitrogen and oxygen atoms in total. The maximum Gasteiger partial charge on any atom is 0.311 e. The van der Waals surface area contributed by atoms with Crippen LogP contribution in [0.5, 0.6) is 11.5 Å². The first-order valence-corrected chi connectivity index (χ1v) is 22.8. The lowest BCUT2D eigenvalue weighted by Crippen LogP contribution is -2.19. The molecule has 0 saturated heterocycles. The van der Waals surface area contributed by atoms with Gasteiger partial charge in [-0.25, -0.2) is 0 Å². The van der Waals surface area contributed by atoms with Crippen molar-refractivity contribution in [3.8, 4) is 11.5 Å². The van der Waals surface area contributed by atoms with Crippen LogP contribution in [0.15, 0.2) is 72.8 Å². The molecular formula is C51H80O4. The van der Waals surface area contributed by atoms with Crippen LogP contribution in [0.2, 0.25) is 0 Å². The Morgan fingerprint density at radius 2 is 0.691 bits per heavy atom. The molecule has 0 aliphatic heterocycles. The molecule has 2 aromatic rings. The normalized spacial score (nSPS) is 11.9. The molecule has 0 N–H and O–H groups in total. The zero-order valence-corrected chi connectivity index (χ0v) is 35.9. The Morgan fingerprint density at radius 3 is 1.00 bits per heavy atom. The third-order valence-electron chi connectivity index (χ3n) is 10.9. The van der Waals surface area contributed by atoms with E-state index in [1.807, 2.05) is 48.5 Å². The summed E-state index contributed by atoms with van der Waals surface area (Å²) >= 11 is 0. The van der Waals surface area contributed by atoms with E-state index in [0.29, 0.717) is 24.3 Å². The highest BCUT2D eigenvalue weighted by atomic mass is 16.5. The number of carbonyl (C=O) groups is 2. The molecule has 0 aliphatic carbocycles. The van der Waals surface area contributed by atoms with Gasteiger partial charge in [0.25, 0.3) is 0 Å². The Kier molecular flexibility index (Phi) is 27.9. The number of esters is 2. The molecule has 0 aromatic heterocycles. The van der Waals surface area contributed by atoms with Crippen LogP contribution in [-0.2, 0) is 15.0 Å². The molecule has 0 bridgehead atoms. The Morgan fingerprint density at radius 1 is 0.418 bits per heavy atom. The van der Waals surface area contributed by atoms with E-state index in [4.69, 9.17) is 9.47 Å². The van der Waals surface area contributed by atoms with Crippen LogP contribution >= 0.6 is 0 Å². The van der Waals surface area contributed by atoms with E-state index in [1.165, 1.54) is 141 Å². The van der Waals surface area contributed by atoms with Crippen molar-refractivity contribution in [2.75, 3.05) is 0 Å². The van der Waals surface area contributed by atoms with E-state index in [0.717, 1.165) is 36.8 Å². The highest BCUT2D eigenvalue weighted by molar-refractivity contribution is 5.72. The molecule has 308 valence electrons. The van der Waals surface area contributed by atoms with Crippen LogP contribution < -0.4 is 9.47 Å². The van der Waals surface area contributed by atoms with Crippen molar-refractivity contribution in [3.05, 3.63) is 84.0 Å². The molecule has 4 heteroatoms. The van der Waals surface area contributed by atoms with Crippen LogP contribution in [0, 0.1) is 0 Å². The molecule has 2 rings (SSSR count). The first kappa shape index (κ1) is 48.0. The van der Waals surface area contributed by atoms with Gasteiger partial charge < -0.3 is 9.47 Å². The van der Waals surface area contributed by atoms with Gasteiger partial charge >= 0.3 is 11.9 Å². The van der Waals surface area contributed by atoms with Crippen molar-refractivity contribution >= 4 is 11.9 Å². The largest absolute Gasteiger partial charge is 0.427 e. The van der Waals surface area contributed by atoms with E-state index in [2.05, 4.69) is 52.0 Å². The molecule has 55 heavy (non-hydrogen) atoms. The lowest BCUT2D eigenvalue weighted by molar-refractivity contribution is -0.135. The van der Waals surface area contributed by atoms with Crippen LogP contribution in [0.25, 0.3) is 0 Å². The summed E-state index contributed by atoms with van der Waals surface area (Å²) in [4.78, 5) is 24.9. The molecule has 0 spiro atoms. The van der Waals surface area contributed by atoms with E-state index in [-0.39, 0.29) is 17.4 Å². The topological polar surface area (TPSA) is 52.6 Å². The number of allylic oxidation sites excluding steroid dienone is 4. The van der Waals surface area contributed by atoms with Gasteiger partial charge in [-0.15, -0.1) is 0 Å². The van der Waals surface area contributed by atoms with Crippen molar-refractivity contribution in [1.82, 2.24) is 0 Å². The number of unbranched alkanes of at least 4 members (excludes halogenated alkanes) is 22. The van der Waals surface area contributed by atoms with Crippen molar-refractivity contribution in [2.24, 2.45) is 0 Å². The van der Waals surface area contributed by atoms with Crippen LogP contribution in [0.1, 0.15) is 219 Å². The number of ether oxygens (including phenoxy) is 2. The van der Waals surface area contributed by atoms with Gasteiger partial charge in [0.15, 0.2) is 0 Å². The fourth-order valence-corrected chi connectivity index (χ4v) is 7.09. The van der Waals surface area contributed by atoms with Gasteiger partial charge in [-0.2, -0.15) is 0 Å². The van der Waals surface area contributed by atoms with Gasteiger partial charge in [0.05, 0.1) is 0 Å². The molecule has 0 atom stereocenters. The average Bonchev–Trinajstić information content (AvgIpc) is 3.18. The summed E-state index contributed by atoms with van der Waals surface area (Å²) in [5.74, 6) is 0.857. The summed E-state index contributed by atoms with van der Waals surface area (Å²) in [6.07, 6.45) is 42.6. The summed E-state index contributed by atoms with van der Waals surface area (Å²) < 4.78 is 11.3. The second kappa shape index (κ2) is 32.0. The Balaban J connectivity index is 1.55. The average molecular weight is 757 g/mol. The van der Waals surface area contributed by atoms with Gasteiger partial charge in [-0.3, -0.25) is 9.59 Å².